The van der Waals surface area contributed by atoms with Gasteiger partial charge in [0.2, 0.25) is 0 Å². The third-order valence-corrected chi connectivity index (χ3v) is 7.03. The zero-order valence-electron chi connectivity index (χ0n) is 20.6. The first-order valence-corrected chi connectivity index (χ1v) is 13.2. The first-order valence-electron chi connectivity index (χ1n) is 11.6. The maximum Gasteiger partial charge on any atom is 0.278 e. The zero-order chi connectivity index (χ0) is 26.5. The number of carbonyl (C=O) groups excluding carboxylic acids is 3. The van der Waals surface area contributed by atoms with Crippen LogP contribution in [0.3, 0.4) is 0 Å². The second kappa shape index (κ2) is 11.7. The smallest absolute Gasteiger partial charge is 0.278 e. The number of methoxy groups -OCH3 is 1. The average Bonchev–Trinajstić information content (AvgIpc) is 3.09. The van der Waals surface area contributed by atoms with Crippen molar-refractivity contribution in [2.45, 2.75) is 18.7 Å². The van der Waals surface area contributed by atoms with Crippen LogP contribution in [0.5, 0.6) is 5.75 Å². The average molecular weight is 581 g/mol. The summed E-state index contributed by atoms with van der Waals surface area (Å²) in [6.45, 7) is 4.24. The van der Waals surface area contributed by atoms with Crippen LogP contribution in [0.4, 0.5) is 11.4 Å². The van der Waals surface area contributed by atoms with E-state index in [4.69, 9.17) is 4.74 Å². The quantitative estimate of drug-likeness (QED) is 0.295. The molecule has 0 fully saturated rings. The number of benzene rings is 3. The first kappa shape index (κ1) is 26.5. The minimum absolute atomic E-state index is 0.126. The number of rotatable bonds is 9. The van der Waals surface area contributed by atoms with Crippen LogP contribution in [0.25, 0.3) is 0 Å². The van der Waals surface area contributed by atoms with E-state index in [2.05, 4.69) is 26.6 Å². The Morgan fingerprint density at radius 2 is 1.70 bits per heavy atom. The van der Waals surface area contributed by atoms with Gasteiger partial charge in [-0.1, -0.05) is 53.7 Å². The molecule has 7 nitrogen and oxygen atoms in total. The van der Waals surface area contributed by atoms with Gasteiger partial charge in [-0.15, -0.1) is 0 Å². The van der Waals surface area contributed by atoms with Gasteiger partial charge >= 0.3 is 0 Å². The van der Waals surface area contributed by atoms with Crippen molar-refractivity contribution < 1.29 is 19.1 Å². The van der Waals surface area contributed by atoms with Crippen LogP contribution >= 0.6 is 27.7 Å². The number of nitrogens with zero attached hydrogens (tertiary/aromatic N) is 1. The van der Waals surface area contributed by atoms with Crippen molar-refractivity contribution in [3.63, 3.8) is 0 Å². The number of thioether (sulfide) groups is 1. The van der Waals surface area contributed by atoms with Gasteiger partial charge in [0.15, 0.2) is 0 Å². The van der Waals surface area contributed by atoms with Crippen LogP contribution in [0.1, 0.15) is 24.2 Å². The molecule has 0 unspecified atom stereocenters. The molecular formula is C28H26BrN3O4S. The van der Waals surface area contributed by atoms with Crippen LogP contribution in [0.15, 0.2) is 92.8 Å². The van der Waals surface area contributed by atoms with Crippen molar-refractivity contribution in [2.75, 3.05) is 24.3 Å². The van der Waals surface area contributed by atoms with Crippen molar-refractivity contribution in [1.82, 2.24) is 4.90 Å². The summed E-state index contributed by atoms with van der Waals surface area (Å²) in [7, 11) is 1.55. The van der Waals surface area contributed by atoms with Crippen LogP contribution in [-0.4, -0.2) is 36.3 Å². The molecule has 0 atom stereocenters. The number of imide groups is 1. The summed E-state index contributed by atoms with van der Waals surface area (Å²) in [4.78, 5) is 41.6. The maximum absolute atomic E-state index is 13.3. The minimum atomic E-state index is -0.355. The minimum Gasteiger partial charge on any atom is -0.497 e. The number of hydrogen-bond donors (Lipinski definition) is 2. The molecule has 1 heterocycles. The molecule has 1 aliphatic heterocycles. The number of carbonyl (C=O) groups is 3. The Morgan fingerprint density at radius 1 is 0.973 bits per heavy atom. The summed E-state index contributed by atoms with van der Waals surface area (Å²) in [5, 5.41) is 6.03. The highest BCUT2D eigenvalue weighted by Gasteiger charge is 2.39. The highest BCUT2D eigenvalue weighted by Crippen LogP contribution is 2.37. The van der Waals surface area contributed by atoms with E-state index in [1.165, 1.54) is 16.7 Å². The molecule has 37 heavy (non-hydrogen) atoms. The summed E-state index contributed by atoms with van der Waals surface area (Å²) in [6, 6.07) is 21.4. The fourth-order valence-corrected chi connectivity index (χ4v) is 4.96. The van der Waals surface area contributed by atoms with E-state index in [-0.39, 0.29) is 29.3 Å². The standard InChI is InChI=1S/C28H26BrN3O4S/c1-17(2)16-32-27(34)24(30-20-12-10-19(29)11-13-20)25(28(32)35)37-23-9-5-7-21(15-23)31-26(33)18-6-4-8-22(14-18)36-3/h4-15,17,30H,16H2,1-3H3,(H,31,33). The lowest BCUT2D eigenvalue weighted by atomic mass is 10.2. The second-order valence-corrected chi connectivity index (χ2v) is 10.8. The van der Waals surface area contributed by atoms with E-state index >= 15 is 0 Å². The van der Waals surface area contributed by atoms with Crippen LogP contribution in [0.2, 0.25) is 0 Å². The van der Waals surface area contributed by atoms with Gasteiger partial charge in [0.1, 0.15) is 16.4 Å². The second-order valence-electron chi connectivity index (χ2n) is 8.77. The zero-order valence-corrected chi connectivity index (χ0v) is 23.0. The SMILES string of the molecule is COc1cccc(C(=O)Nc2cccc(SC3=C(Nc4ccc(Br)cc4)C(=O)N(CC(C)C)C3=O)c2)c1. The fourth-order valence-electron chi connectivity index (χ4n) is 3.69. The first-order chi connectivity index (χ1) is 17.7. The molecule has 4 rings (SSSR count). The van der Waals surface area contributed by atoms with Gasteiger partial charge in [-0.25, -0.2) is 0 Å². The number of nitrogens with one attached hydrogen (secondary N) is 2. The van der Waals surface area contributed by atoms with Crippen molar-refractivity contribution in [2.24, 2.45) is 5.92 Å². The van der Waals surface area contributed by atoms with E-state index in [9.17, 15) is 14.4 Å². The lowest BCUT2D eigenvalue weighted by Crippen LogP contribution is -2.35. The molecule has 190 valence electrons. The van der Waals surface area contributed by atoms with Gasteiger partial charge < -0.3 is 15.4 Å². The van der Waals surface area contributed by atoms with E-state index in [1.807, 2.05) is 44.2 Å². The van der Waals surface area contributed by atoms with Crippen molar-refractivity contribution in [3.05, 3.63) is 93.4 Å². The molecular weight excluding hydrogens is 554 g/mol. The van der Waals surface area contributed by atoms with E-state index in [0.717, 1.165) is 4.47 Å². The Bertz CT molecular complexity index is 1370. The summed E-state index contributed by atoms with van der Waals surface area (Å²) in [6.07, 6.45) is 0. The van der Waals surface area contributed by atoms with Gasteiger partial charge in [-0.2, -0.15) is 0 Å². The normalized spacial score (nSPS) is 13.4. The summed E-state index contributed by atoms with van der Waals surface area (Å²) in [5.41, 5.74) is 1.96. The third-order valence-electron chi connectivity index (χ3n) is 5.43. The molecule has 3 aromatic rings. The van der Waals surface area contributed by atoms with Gasteiger partial charge in [-0.05, 0) is 66.6 Å². The molecule has 9 heteroatoms. The van der Waals surface area contributed by atoms with E-state index in [0.29, 0.717) is 39.0 Å². The van der Waals surface area contributed by atoms with Gasteiger partial charge in [0.05, 0.1) is 7.11 Å². The van der Waals surface area contributed by atoms with Crippen LogP contribution in [0, 0.1) is 5.92 Å². The van der Waals surface area contributed by atoms with Crippen LogP contribution < -0.4 is 15.4 Å². The lowest BCUT2D eigenvalue weighted by molar-refractivity contribution is -0.137. The Balaban J connectivity index is 1.59. The maximum atomic E-state index is 13.3. The summed E-state index contributed by atoms with van der Waals surface area (Å²) >= 11 is 4.60. The lowest BCUT2D eigenvalue weighted by Gasteiger charge is -2.17. The number of ether oxygens (including phenoxy) is 1. The predicted molar refractivity (Wildman–Crippen MR) is 150 cm³/mol. The highest BCUT2D eigenvalue weighted by molar-refractivity contribution is 9.10. The Hall–Kier alpha value is -3.56. The molecule has 0 aromatic heterocycles. The topological polar surface area (TPSA) is 87.7 Å². The van der Waals surface area contributed by atoms with E-state index in [1.54, 1.807) is 49.6 Å². The van der Waals surface area contributed by atoms with Gasteiger partial charge in [0, 0.05) is 32.9 Å². The van der Waals surface area contributed by atoms with Crippen LogP contribution in [-0.2, 0) is 9.59 Å². The molecule has 0 saturated carbocycles. The van der Waals surface area contributed by atoms with Crippen molar-refractivity contribution in [3.8, 4) is 5.75 Å². The van der Waals surface area contributed by atoms with Crippen molar-refractivity contribution in [1.29, 1.82) is 0 Å². The number of anilines is 2. The molecule has 0 spiro atoms. The van der Waals surface area contributed by atoms with Gasteiger partial charge in [-0.3, -0.25) is 19.3 Å². The molecule has 1 aliphatic rings. The molecule has 0 radical (unpaired) electrons. The van der Waals surface area contributed by atoms with E-state index < -0.39 is 0 Å². The monoisotopic (exact) mass is 579 g/mol. The molecule has 0 bridgehead atoms. The fraction of sp³-hybridized carbons (Fsp3) is 0.179. The third kappa shape index (κ3) is 6.42. The Morgan fingerprint density at radius 3 is 2.41 bits per heavy atom. The van der Waals surface area contributed by atoms with Gasteiger partial charge in [0.25, 0.3) is 17.7 Å². The van der Waals surface area contributed by atoms with Crippen molar-refractivity contribution >= 4 is 56.8 Å². The molecule has 0 saturated heterocycles. The number of hydrogen-bond acceptors (Lipinski definition) is 6. The summed E-state index contributed by atoms with van der Waals surface area (Å²) < 4.78 is 6.11. The number of halogens is 1. The Kier molecular flexibility index (Phi) is 8.35. The molecule has 0 aliphatic carbocycles. The molecule has 3 aromatic carbocycles. The Labute approximate surface area is 228 Å². The molecule has 3 amide bonds. The number of amides is 3. The molecule has 2 N–H and O–H groups in total. The summed E-state index contributed by atoms with van der Waals surface area (Å²) in [5.74, 6) is -0.264. The predicted octanol–water partition coefficient (Wildman–Crippen LogP) is 6.15. The highest BCUT2D eigenvalue weighted by atomic mass is 79.9. The largest absolute Gasteiger partial charge is 0.497 e.